The average molecular weight is 337 g/mol. The van der Waals surface area contributed by atoms with Crippen molar-refractivity contribution in [3.63, 3.8) is 0 Å². The lowest BCUT2D eigenvalue weighted by atomic mass is 10.2. The van der Waals surface area contributed by atoms with Crippen LogP contribution < -0.4 is 5.32 Å². The zero-order valence-electron chi connectivity index (χ0n) is 12.3. The predicted octanol–water partition coefficient (Wildman–Crippen LogP) is 3.76. The molecule has 1 N–H and O–H groups in total. The van der Waals surface area contributed by atoms with E-state index in [0.29, 0.717) is 21.9 Å². The second-order valence-corrected chi connectivity index (χ2v) is 8.98. The van der Waals surface area contributed by atoms with Gasteiger partial charge in [-0.05, 0) is 38.1 Å². The normalized spacial score (nSPS) is 17.7. The first-order valence-corrected chi connectivity index (χ1v) is 9.32. The zero-order valence-corrected chi connectivity index (χ0v) is 13.9. The fourth-order valence-electron chi connectivity index (χ4n) is 2.38. The van der Waals surface area contributed by atoms with Gasteiger partial charge in [-0.15, -0.1) is 11.8 Å². The van der Waals surface area contributed by atoms with Crippen LogP contribution in [-0.2, 0) is 9.84 Å². The standard InChI is InChI=1S/C16H16FNO2S2/c1-10-3-5-12(6-4-10)22(19,20)15-9-18-14-8-7-13(17)11(2)16(14)21-15/h3-8,15,18H,9H2,1-2H3. The molecule has 1 unspecified atom stereocenters. The number of anilines is 1. The van der Waals surface area contributed by atoms with Gasteiger partial charge in [-0.25, -0.2) is 12.8 Å². The zero-order chi connectivity index (χ0) is 15.9. The first kappa shape index (κ1) is 15.4. The van der Waals surface area contributed by atoms with E-state index in [-0.39, 0.29) is 5.82 Å². The van der Waals surface area contributed by atoms with Crippen LogP contribution in [0.5, 0.6) is 0 Å². The minimum absolute atomic E-state index is 0.301. The van der Waals surface area contributed by atoms with E-state index in [4.69, 9.17) is 0 Å². The van der Waals surface area contributed by atoms with E-state index in [2.05, 4.69) is 5.32 Å². The van der Waals surface area contributed by atoms with Crippen molar-refractivity contribution >= 4 is 27.3 Å². The highest BCUT2D eigenvalue weighted by Gasteiger charge is 2.33. The Balaban J connectivity index is 1.97. The number of rotatable bonds is 2. The lowest BCUT2D eigenvalue weighted by Gasteiger charge is -2.27. The summed E-state index contributed by atoms with van der Waals surface area (Å²) < 4.78 is 38.5. The molecular weight excluding hydrogens is 321 g/mol. The third-order valence-corrected chi connectivity index (χ3v) is 7.77. The Kier molecular flexibility index (Phi) is 3.91. The molecule has 6 heteroatoms. The number of aryl methyl sites for hydroxylation is 1. The van der Waals surface area contributed by atoms with Crippen LogP contribution in [0.4, 0.5) is 10.1 Å². The molecule has 1 atom stereocenters. The van der Waals surface area contributed by atoms with Crippen molar-refractivity contribution in [1.29, 1.82) is 0 Å². The number of fused-ring (bicyclic) bond motifs is 1. The summed E-state index contributed by atoms with van der Waals surface area (Å²) in [6, 6.07) is 9.87. The van der Waals surface area contributed by atoms with Crippen LogP contribution in [0.2, 0.25) is 0 Å². The largest absolute Gasteiger partial charge is 0.382 e. The maximum absolute atomic E-state index is 13.7. The van der Waals surface area contributed by atoms with Crippen molar-refractivity contribution in [2.45, 2.75) is 28.2 Å². The third-order valence-electron chi connectivity index (χ3n) is 3.74. The van der Waals surface area contributed by atoms with Crippen molar-refractivity contribution in [1.82, 2.24) is 0 Å². The lowest BCUT2D eigenvalue weighted by molar-refractivity contribution is 0.593. The van der Waals surface area contributed by atoms with Gasteiger partial charge in [0.15, 0.2) is 9.84 Å². The Morgan fingerprint density at radius 2 is 1.82 bits per heavy atom. The second kappa shape index (κ2) is 5.59. The molecule has 1 aliphatic rings. The minimum Gasteiger partial charge on any atom is -0.382 e. The van der Waals surface area contributed by atoms with E-state index in [1.807, 2.05) is 6.92 Å². The van der Waals surface area contributed by atoms with Gasteiger partial charge in [0.2, 0.25) is 0 Å². The highest BCUT2D eigenvalue weighted by molar-refractivity contribution is 8.13. The predicted molar refractivity (Wildman–Crippen MR) is 87.6 cm³/mol. The fraction of sp³-hybridized carbons (Fsp3) is 0.250. The minimum atomic E-state index is -3.47. The van der Waals surface area contributed by atoms with Crippen LogP contribution in [-0.4, -0.2) is 19.5 Å². The monoisotopic (exact) mass is 337 g/mol. The lowest BCUT2D eigenvalue weighted by Crippen LogP contribution is -2.29. The Morgan fingerprint density at radius 1 is 1.14 bits per heavy atom. The van der Waals surface area contributed by atoms with Crippen LogP contribution in [0, 0.1) is 19.7 Å². The molecule has 0 aliphatic carbocycles. The Labute approximate surface area is 133 Å². The van der Waals surface area contributed by atoms with Gasteiger partial charge in [-0.2, -0.15) is 0 Å². The number of thioether (sulfide) groups is 1. The Morgan fingerprint density at radius 3 is 2.50 bits per heavy atom. The molecule has 22 heavy (non-hydrogen) atoms. The summed E-state index contributed by atoms with van der Waals surface area (Å²) in [4.78, 5) is 0.974. The molecule has 2 aromatic rings. The molecule has 2 aromatic carbocycles. The molecule has 0 saturated carbocycles. The van der Waals surface area contributed by atoms with Gasteiger partial charge in [0.1, 0.15) is 10.4 Å². The summed E-state index contributed by atoms with van der Waals surface area (Å²) in [5.74, 6) is -0.318. The summed E-state index contributed by atoms with van der Waals surface area (Å²) in [5.41, 5.74) is 2.29. The van der Waals surface area contributed by atoms with Gasteiger partial charge >= 0.3 is 0 Å². The molecular formula is C16H16FNO2S2. The van der Waals surface area contributed by atoms with Crippen LogP contribution in [0.25, 0.3) is 0 Å². The van der Waals surface area contributed by atoms with E-state index in [1.165, 1.54) is 17.8 Å². The number of sulfone groups is 1. The SMILES string of the molecule is Cc1ccc(S(=O)(=O)C2CNc3ccc(F)c(C)c3S2)cc1. The molecule has 3 nitrogen and oxygen atoms in total. The number of benzene rings is 2. The van der Waals surface area contributed by atoms with Gasteiger partial charge in [-0.1, -0.05) is 17.7 Å². The molecule has 1 aliphatic heterocycles. The van der Waals surface area contributed by atoms with Crippen LogP contribution in [0.3, 0.4) is 0 Å². The summed E-state index contributed by atoms with van der Waals surface area (Å²) >= 11 is 1.21. The number of nitrogens with one attached hydrogen (secondary N) is 1. The van der Waals surface area contributed by atoms with E-state index in [1.54, 1.807) is 37.3 Å². The smallest absolute Gasteiger partial charge is 0.192 e. The van der Waals surface area contributed by atoms with Gasteiger partial charge in [0.25, 0.3) is 0 Å². The molecule has 0 fully saturated rings. The van der Waals surface area contributed by atoms with Gasteiger partial charge < -0.3 is 5.32 Å². The van der Waals surface area contributed by atoms with E-state index >= 15 is 0 Å². The fourth-order valence-corrected chi connectivity index (χ4v) is 5.60. The molecule has 0 radical (unpaired) electrons. The van der Waals surface area contributed by atoms with Gasteiger partial charge in [-0.3, -0.25) is 0 Å². The second-order valence-electron chi connectivity index (χ2n) is 5.34. The van der Waals surface area contributed by atoms with E-state index in [9.17, 15) is 12.8 Å². The highest BCUT2D eigenvalue weighted by Crippen LogP contribution is 2.41. The number of halogens is 1. The molecule has 1 heterocycles. The first-order valence-electron chi connectivity index (χ1n) is 6.90. The van der Waals surface area contributed by atoms with E-state index < -0.39 is 14.4 Å². The van der Waals surface area contributed by atoms with Crippen molar-refractivity contribution in [3.8, 4) is 0 Å². The highest BCUT2D eigenvalue weighted by atomic mass is 32.3. The van der Waals surface area contributed by atoms with E-state index in [0.717, 1.165) is 11.3 Å². The molecule has 0 amide bonds. The summed E-state index contributed by atoms with van der Waals surface area (Å²) in [5, 5.41) is 3.10. The number of hydrogen-bond acceptors (Lipinski definition) is 4. The summed E-state index contributed by atoms with van der Waals surface area (Å²) in [7, 11) is -3.47. The first-order chi connectivity index (χ1) is 10.4. The van der Waals surface area contributed by atoms with Crippen molar-refractivity contribution in [2.75, 3.05) is 11.9 Å². The topological polar surface area (TPSA) is 46.2 Å². The van der Waals surface area contributed by atoms with Crippen LogP contribution in [0.15, 0.2) is 46.2 Å². The quantitative estimate of drug-likeness (QED) is 0.906. The Hall–Kier alpha value is -1.53. The van der Waals surface area contributed by atoms with Gasteiger partial charge in [0, 0.05) is 22.7 Å². The molecule has 0 bridgehead atoms. The van der Waals surface area contributed by atoms with Crippen molar-refractivity contribution in [2.24, 2.45) is 0 Å². The average Bonchev–Trinajstić information content (AvgIpc) is 2.51. The van der Waals surface area contributed by atoms with Crippen LogP contribution in [0.1, 0.15) is 11.1 Å². The maximum atomic E-state index is 13.7. The molecule has 3 rings (SSSR count). The molecule has 116 valence electrons. The maximum Gasteiger partial charge on any atom is 0.192 e. The third kappa shape index (κ3) is 2.61. The van der Waals surface area contributed by atoms with Gasteiger partial charge in [0.05, 0.1) is 4.90 Å². The summed E-state index contributed by atoms with van der Waals surface area (Å²) in [6.07, 6.45) is 0. The molecule has 0 spiro atoms. The Bertz CT molecular complexity index is 817. The van der Waals surface area contributed by atoms with Crippen LogP contribution >= 0.6 is 11.8 Å². The molecule has 0 aromatic heterocycles. The van der Waals surface area contributed by atoms with Crippen molar-refractivity contribution < 1.29 is 12.8 Å². The number of hydrogen-bond donors (Lipinski definition) is 1. The molecule has 0 saturated heterocycles. The summed E-state index contributed by atoms with van der Waals surface area (Å²) in [6.45, 7) is 3.89. The van der Waals surface area contributed by atoms with Crippen molar-refractivity contribution in [3.05, 3.63) is 53.3 Å².